The zero-order valence-corrected chi connectivity index (χ0v) is 12.1. The van der Waals surface area contributed by atoms with E-state index < -0.39 is 0 Å². The van der Waals surface area contributed by atoms with Crippen LogP contribution in [-0.4, -0.2) is 38.0 Å². The van der Waals surface area contributed by atoms with Gasteiger partial charge >= 0.3 is 0 Å². The first-order chi connectivity index (χ1) is 9.35. The number of nitrogens with one attached hydrogen (secondary N) is 1. The van der Waals surface area contributed by atoms with Crippen molar-refractivity contribution in [2.75, 3.05) is 33.5 Å². The zero-order chi connectivity index (χ0) is 13.5. The van der Waals surface area contributed by atoms with Crippen LogP contribution in [0.5, 0.6) is 0 Å². The van der Waals surface area contributed by atoms with Crippen LogP contribution in [0.25, 0.3) is 0 Å². The Bertz CT molecular complexity index is 361. The fraction of sp³-hybridized carbons (Fsp3) is 0.733. The van der Waals surface area contributed by atoms with E-state index in [1.165, 1.54) is 18.4 Å². The van der Waals surface area contributed by atoms with E-state index in [0.717, 1.165) is 25.6 Å². The SMILES string of the molecule is CCNC(c1ccn(CCOCCOC)c1)C1CC1. The number of rotatable bonds is 10. The minimum Gasteiger partial charge on any atom is -0.382 e. The van der Waals surface area contributed by atoms with Gasteiger partial charge in [-0.2, -0.15) is 0 Å². The van der Waals surface area contributed by atoms with Crippen molar-refractivity contribution < 1.29 is 9.47 Å². The predicted molar refractivity (Wildman–Crippen MR) is 76.3 cm³/mol. The highest BCUT2D eigenvalue weighted by Gasteiger charge is 2.31. The molecular weight excluding hydrogens is 240 g/mol. The van der Waals surface area contributed by atoms with Gasteiger partial charge in [-0.3, -0.25) is 0 Å². The van der Waals surface area contributed by atoms with Gasteiger partial charge in [-0.25, -0.2) is 0 Å². The number of ether oxygens (including phenoxy) is 2. The first-order valence-electron chi connectivity index (χ1n) is 7.31. The lowest BCUT2D eigenvalue weighted by molar-refractivity contribution is 0.0666. The van der Waals surface area contributed by atoms with Crippen molar-refractivity contribution in [1.29, 1.82) is 0 Å². The summed E-state index contributed by atoms with van der Waals surface area (Å²) in [5, 5.41) is 3.60. The molecule has 4 heteroatoms. The topological polar surface area (TPSA) is 35.4 Å². The van der Waals surface area contributed by atoms with Gasteiger partial charge in [-0.1, -0.05) is 6.92 Å². The molecule has 0 amide bonds. The normalized spacial score (nSPS) is 16.7. The molecule has 1 aliphatic rings. The van der Waals surface area contributed by atoms with Gasteiger partial charge in [0.05, 0.1) is 19.8 Å². The molecule has 0 bridgehead atoms. The second-order valence-corrected chi connectivity index (χ2v) is 5.16. The summed E-state index contributed by atoms with van der Waals surface area (Å²) in [7, 11) is 1.69. The molecule has 0 saturated heterocycles. The molecule has 1 aromatic heterocycles. The fourth-order valence-electron chi connectivity index (χ4n) is 2.40. The van der Waals surface area contributed by atoms with Gasteiger partial charge in [0, 0.05) is 32.1 Å². The second-order valence-electron chi connectivity index (χ2n) is 5.16. The van der Waals surface area contributed by atoms with Crippen LogP contribution in [0.1, 0.15) is 31.4 Å². The molecule has 1 fully saturated rings. The van der Waals surface area contributed by atoms with Crippen LogP contribution in [0.3, 0.4) is 0 Å². The Morgan fingerprint density at radius 1 is 1.37 bits per heavy atom. The van der Waals surface area contributed by atoms with Crippen molar-refractivity contribution >= 4 is 0 Å². The van der Waals surface area contributed by atoms with Crippen LogP contribution < -0.4 is 5.32 Å². The molecule has 0 aromatic carbocycles. The van der Waals surface area contributed by atoms with Crippen LogP contribution in [0.15, 0.2) is 18.5 Å². The summed E-state index contributed by atoms with van der Waals surface area (Å²) in [6, 6.07) is 2.78. The highest BCUT2D eigenvalue weighted by atomic mass is 16.5. The lowest BCUT2D eigenvalue weighted by Crippen LogP contribution is -2.22. The van der Waals surface area contributed by atoms with Gasteiger partial charge in [0.25, 0.3) is 0 Å². The summed E-state index contributed by atoms with van der Waals surface area (Å²) in [6.07, 6.45) is 7.14. The van der Waals surface area contributed by atoms with Gasteiger partial charge in [-0.05, 0) is 36.9 Å². The average molecular weight is 266 g/mol. The van der Waals surface area contributed by atoms with E-state index in [9.17, 15) is 0 Å². The number of hydrogen-bond acceptors (Lipinski definition) is 3. The second kappa shape index (κ2) is 7.68. The molecule has 4 nitrogen and oxygen atoms in total. The van der Waals surface area contributed by atoms with E-state index in [2.05, 4.69) is 35.3 Å². The fourth-order valence-corrected chi connectivity index (χ4v) is 2.40. The molecule has 0 radical (unpaired) electrons. The zero-order valence-electron chi connectivity index (χ0n) is 12.1. The number of methoxy groups -OCH3 is 1. The van der Waals surface area contributed by atoms with E-state index in [1.807, 2.05) is 0 Å². The van der Waals surface area contributed by atoms with E-state index in [0.29, 0.717) is 19.3 Å². The third kappa shape index (κ3) is 4.64. The number of aromatic nitrogens is 1. The quantitative estimate of drug-likeness (QED) is 0.660. The molecule has 0 spiro atoms. The predicted octanol–water partition coefficient (Wildman–Crippen LogP) is 2.21. The van der Waals surface area contributed by atoms with Crippen molar-refractivity contribution in [1.82, 2.24) is 9.88 Å². The van der Waals surface area contributed by atoms with Crippen LogP contribution in [0, 0.1) is 5.92 Å². The smallest absolute Gasteiger partial charge is 0.0701 e. The van der Waals surface area contributed by atoms with Gasteiger partial charge in [0.15, 0.2) is 0 Å². The summed E-state index contributed by atoms with van der Waals surface area (Å²) < 4.78 is 12.7. The van der Waals surface area contributed by atoms with E-state index in [-0.39, 0.29) is 0 Å². The standard InChI is InChI=1S/C15H26N2O2/c1-3-16-15(13-4-5-13)14-6-7-17(12-14)8-9-19-11-10-18-2/h6-7,12-13,15-16H,3-5,8-11H2,1-2H3. The van der Waals surface area contributed by atoms with Crippen LogP contribution in [-0.2, 0) is 16.0 Å². The van der Waals surface area contributed by atoms with Crippen molar-refractivity contribution in [3.8, 4) is 0 Å². The van der Waals surface area contributed by atoms with Crippen LogP contribution >= 0.6 is 0 Å². The maximum atomic E-state index is 5.49. The van der Waals surface area contributed by atoms with Crippen molar-refractivity contribution in [3.63, 3.8) is 0 Å². The summed E-state index contributed by atoms with van der Waals surface area (Å²) in [6.45, 7) is 6.20. The minimum absolute atomic E-state index is 0.542. The Morgan fingerprint density at radius 3 is 2.89 bits per heavy atom. The van der Waals surface area contributed by atoms with E-state index in [1.54, 1.807) is 7.11 Å². The Hall–Kier alpha value is -0.840. The highest BCUT2D eigenvalue weighted by molar-refractivity contribution is 5.18. The van der Waals surface area contributed by atoms with Crippen molar-refractivity contribution in [2.24, 2.45) is 5.92 Å². The Kier molecular flexibility index (Phi) is 5.89. The molecule has 1 aliphatic carbocycles. The Labute approximate surface area is 116 Å². The Morgan fingerprint density at radius 2 is 2.21 bits per heavy atom. The summed E-state index contributed by atoms with van der Waals surface area (Å²) in [5.41, 5.74) is 1.42. The van der Waals surface area contributed by atoms with Gasteiger partial charge in [-0.15, -0.1) is 0 Å². The molecule has 2 rings (SSSR count). The van der Waals surface area contributed by atoms with Crippen LogP contribution in [0.4, 0.5) is 0 Å². The molecule has 1 N–H and O–H groups in total. The molecule has 1 saturated carbocycles. The van der Waals surface area contributed by atoms with Crippen molar-refractivity contribution in [2.45, 2.75) is 32.4 Å². The number of hydrogen-bond donors (Lipinski definition) is 1. The van der Waals surface area contributed by atoms with Crippen molar-refractivity contribution in [3.05, 3.63) is 24.0 Å². The average Bonchev–Trinajstić information content (AvgIpc) is 3.15. The third-order valence-corrected chi connectivity index (χ3v) is 3.58. The van der Waals surface area contributed by atoms with Gasteiger partial charge in [0.2, 0.25) is 0 Å². The minimum atomic E-state index is 0.542. The first-order valence-corrected chi connectivity index (χ1v) is 7.31. The molecule has 1 atom stereocenters. The monoisotopic (exact) mass is 266 g/mol. The molecule has 1 heterocycles. The molecule has 1 unspecified atom stereocenters. The van der Waals surface area contributed by atoms with Gasteiger partial charge in [0.1, 0.15) is 0 Å². The Balaban J connectivity index is 1.77. The van der Waals surface area contributed by atoms with E-state index >= 15 is 0 Å². The summed E-state index contributed by atoms with van der Waals surface area (Å²) >= 11 is 0. The molecule has 108 valence electrons. The maximum absolute atomic E-state index is 5.49. The lowest BCUT2D eigenvalue weighted by atomic mass is 10.1. The third-order valence-electron chi connectivity index (χ3n) is 3.58. The maximum Gasteiger partial charge on any atom is 0.0701 e. The van der Waals surface area contributed by atoms with E-state index in [4.69, 9.17) is 9.47 Å². The molecule has 1 aromatic rings. The number of nitrogens with zero attached hydrogens (tertiary/aromatic N) is 1. The summed E-state index contributed by atoms with van der Waals surface area (Å²) in [5.74, 6) is 0.841. The van der Waals surface area contributed by atoms with Crippen LogP contribution in [0.2, 0.25) is 0 Å². The molecule has 19 heavy (non-hydrogen) atoms. The summed E-state index contributed by atoms with van der Waals surface area (Å²) in [4.78, 5) is 0. The first kappa shape index (κ1) is 14.6. The highest BCUT2D eigenvalue weighted by Crippen LogP contribution is 2.40. The molecular formula is C15H26N2O2. The molecule has 0 aliphatic heterocycles. The van der Waals surface area contributed by atoms with Gasteiger partial charge < -0.3 is 19.4 Å². The lowest BCUT2D eigenvalue weighted by Gasteiger charge is -2.15. The largest absolute Gasteiger partial charge is 0.382 e.